The van der Waals surface area contributed by atoms with Crippen molar-refractivity contribution in [3.05, 3.63) is 43.0 Å². The first-order valence-electron chi connectivity index (χ1n) is 6.42. The molecule has 0 spiro atoms. The number of nitrogens with zero attached hydrogens (tertiary/aromatic N) is 2. The Morgan fingerprint density at radius 3 is 2.80 bits per heavy atom. The van der Waals surface area contributed by atoms with Gasteiger partial charge in [-0.05, 0) is 19.1 Å². The number of anilines is 1. The second-order valence-electron chi connectivity index (χ2n) is 4.22. The van der Waals surface area contributed by atoms with Crippen molar-refractivity contribution in [1.82, 2.24) is 14.3 Å². The summed E-state index contributed by atoms with van der Waals surface area (Å²) in [4.78, 5) is 4.18. The van der Waals surface area contributed by atoms with Crippen LogP contribution in [0.1, 0.15) is 6.92 Å². The molecule has 0 atom stereocenters. The lowest BCUT2D eigenvalue weighted by atomic mass is 10.3. The first kappa shape index (κ1) is 14.5. The number of aromatic nitrogens is 2. The second kappa shape index (κ2) is 6.53. The third-order valence-electron chi connectivity index (χ3n) is 2.77. The third-order valence-corrected chi connectivity index (χ3v) is 4.28. The molecule has 2 aromatic rings. The molecule has 0 aliphatic carbocycles. The van der Waals surface area contributed by atoms with Crippen LogP contribution < -0.4 is 10.0 Å². The van der Waals surface area contributed by atoms with Gasteiger partial charge in [-0.25, -0.2) is 18.1 Å². The van der Waals surface area contributed by atoms with Crippen LogP contribution in [0, 0.1) is 0 Å². The molecule has 0 amide bonds. The molecular weight excluding hydrogens is 276 g/mol. The Balaban J connectivity index is 2.06. The van der Waals surface area contributed by atoms with Gasteiger partial charge in [0.05, 0.1) is 12.0 Å². The smallest absolute Gasteiger partial charge is 0.242 e. The van der Waals surface area contributed by atoms with Crippen LogP contribution in [0.2, 0.25) is 0 Å². The van der Waals surface area contributed by atoms with E-state index in [-0.39, 0.29) is 4.90 Å². The average molecular weight is 294 g/mol. The van der Waals surface area contributed by atoms with Crippen LogP contribution in [-0.2, 0) is 16.6 Å². The van der Waals surface area contributed by atoms with Gasteiger partial charge >= 0.3 is 0 Å². The van der Waals surface area contributed by atoms with E-state index >= 15 is 0 Å². The number of nitrogens with one attached hydrogen (secondary N) is 2. The Morgan fingerprint density at radius 1 is 1.30 bits per heavy atom. The van der Waals surface area contributed by atoms with Gasteiger partial charge in [0.15, 0.2) is 0 Å². The highest BCUT2D eigenvalue weighted by Crippen LogP contribution is 2.20. The molecule has 1 heterocycles. The largest absolute Gasteiger partial charge is 0.384 e. The Kier molecular flexibility index (Phi) is 4.75. The van der Waals surface area contributed by atoms with E-state index in [1.165, 1.54) is 0 Å². The van der Waals surface area contributed by atoms with Crippen LogP contribution >= 0.6 is 0 Å². The monoisotopic (exact) mass is 294 g/mol. The minimum Gasteiger partial charge on any atom is -0.384 e. The number of hydrogen-bond acceptors (Lipinski definition) is 4. The van der Waals surface area contributed by atoms with Crippen molar-refractivity contribution in [1.29, 1.82) is 0 Å². The molecule has 0 saturated carbocycles. The number of benzene rings is 1. The highest BCUT2D eigenvalue weighted by molar-refractivity contribution is 7.89. The summed E-state index contributed by atoms with van der Waals surface area (Å²) < 4.78 is 29.0. The molecule has 0 unspecified atom stereocenters. The molecule has 108 valence electrons. The summed E-state index contributed by atoms with van der Waals surface area (Å²) in [6, 6.07) is 6.87. The summed E-state index contributed by atoms with van der Waals surface area (Å²) >= 11 is 0. The van der Waals surface area contributed by atoms with E-state index in [9.17, 15) is 8.42 Å². The second-order valence-corrected chi connectivity index (χ2v) is 5.96. The van der Waals surface area contributed by atoms with E-state index in [2.05, 4.69) is 15.0 Å². The van der Waals surface area contributed by atoms with E-state index < -0.39 is 10.0 Å². The molecule has 0 radical (unpaired) electrons. The van der Waals surface area contributed by atoms with Crippen molar-refractivity contribution < 1.29 is 8.42 Å². The molecule has 2 rings (SSSR count). The summed E-state index contributed by atoms with van der Waals surface area (Å²) in [7, 11) is -3.51. The molecule has 1 aromatic heterocycles. The van der Waals surface area contributed by atoms with Crippen LogP contribution in [-0.4, -0.2) is 31.1 Å². The van der Waals surface area contributed by atoms with Crippen LogP contribution in [0.4, 0.5) is 5.69 Å². The maximum Gasteiger partial charge on any atom is 0.242 e. The number of sulfonamides is 1. The Hall–Kier alpha value is -1.86. The van der Waals surface area contributed by atoms with Gasteiger partial charge in [0, 0.05) is 32.0 Å². The van der Waals surface area contributed by atoms with E-state index in [0.717, 1.165) is 0 Å². The van der Waals surface area contributed by atoms with Gasteiger partial charge in [-0.1, -0.05) is 12.1 Å². The van der Waals surface area contributed by atoms with E-state index in [1.807, 2.05) is 17.6 Å². The molecule has 0 saturated heterocycles. The normalized spacial score (nSPS) is 11.4. The van der Waals surface area contributed by atoms with Gasteiger partial charge in [0.25, 0.3) is 0 Å². The molecule has 20 heavy (non-hydrogen) atoms. The highest BCUT2D eigenvalue weighted by Gasteiger charge is 2.17. The van der Waals surface area contributed by atoms with Crippen molar-refractivity contribution in [2.45, 2.75) is 18.4 Å². The summed E-state index contributed by atoms with van der Waals surface area (Å²) in [5.74, 6) is 0. The first-order valence-corrected chi connectivity index (χ1v) is 7.90. The molecule has 7 heteroatoms. The highest BCUT2D eigenvalue weighted by atomic mass is 32.2. The van der Waals surface area contributed by atoms with Crippen molar-refractivity contribution in [2.24, 2.45) is 0 Å². The predicted octanol–water partition coefficient (Wildman–Crippen LogP) is 1.29. The summed E-state index contributed by atoms with van der Waals surface area (Å²) in [6.07, 6.45) is 5.11. The lowest BCUT2D eigenvalue weighted by molar-refractivity contribution is 0.573. The average Bonchev–Trinajstić information content (AvgIpc) is 2.92. The maximum atomic E-state index is 12.3. The van der Waals surface area contributed by atoms with Crippen LogP contribution in [0.25, 0.3) is 0 Å². The lowest BCUT2D eigenvalue weighted by Gasteiger charge is -2.12. The fraction of sp³-hybridized carbons (Fsp3) is 0.308. The van der Waals surface area contributed by atoms with Crippen LogP contribution in [0.15, 0.2) is 47.9 Å². The Labute approximate surface area is 118 Å². The Morgan fingerprint density at radius 2 is 2.10 bits per heavy atom. The zero-order valence-corrected chi connectivity index (χ0v) is 12.1. The number of hydrogen-bond donors (Lipinski definition) is 2. The fourth-order valence-corrected chi connectivity index (χ4v) is 3.05. The van der Waals surface area contributed by atoms with Crippen LogP contribution in [0.3, 0.4) is 0 Å². The van der Waals surface area contributed by atoms with E-state index in [1.54, 1.807) is 36.9 Å². The van der Waals surface area contributed by atoms with Gasteiger partial charge in [-0.3, -0.25) is 0 Å². The quantitative estimate of drug-likeness (QED) is 0.807. The molecule has 6 nitrogen and oxygen atoms in total. The zero-order valence-electron chi connectivity index (χ0n) is 11.3. The molecule has 0 bridgehead atoms. The number of imidazole rings is 1. The van der Waals surface area contributed by atoms with Gasteiger partial charge in [-0.15, -0.1) is 0 Å². The van der Waals surface area contributed by atoms with Gasteiger partial charge in [-0.2, -0.15) is 0 Å². The molecule has 1 aromatic carbocycles. The van der Waals surface area contributed by atoms with Crippen molar-refractivity contribution >= 4 is 15.7 Å². The zero-order chi connectivity index (χ0) is 14.4. The number of rotatable bonds is 7. The standard InChI is InChI=1S/C13H18N4O2S/c1-2-15-12-5-3-4-6-13(12)20(18,19)16-8-10-17-9-7-14-11-17/h3-7,9,11,15-16H,2,8,10H2,1H3. The van der Waals surface area contributed by atoms with E-state index in [4.69, 9.17) is 0 Å². The van der Waals surface area contributed by atoms with Crippen molar-refractivity contribution in [2.75, 3.05) is 18.4 Å². The summed E-state index contributed by atoms with van der Waals surface area (Å²) in [6.45, 7) is 3.46. The van der Waals surface area contributed by atoms with E-state index in [0.29, 0.717) is 25.3 Å². The molecule has 2 N–H and O–H groups in total. The number of para-hydroxylation sites is 1. The molecule has 0 aliphatic rings. The van der Waals surface area contributed by atoms with Gasteiger partial charge in [0.2, 0.25) is 10.0 Å². The lowest BCUT2D eigenvalue weighted by Crippen LogP contribution is -2.28. The van der Waals surface area contributed by atoms with Gasteiger partial charge < -0.3 is 9.88 Å². The van der Waals surface area contributed by atoms with Crippen molar-refractivity contribution in [3.63, 3.8) is 0 Å². The minimum absolute atomic E-state index is 0.271. The fourth-order valence-electron chi connectivity index (χ4n) is 1.84. The summed E-state index contributed by atoms with van der Waals surface area (Å²) in [5, 5.41) is 3.05. The SMILES string of the molecule is CCNc1ccccc1S(=O)(=O)NCCn1ccnc1. The molecule has 0 aliphatic heterocycles. The minimum atomic E-state index is -3.51. The van der Waals surface area contributed by atoms with Gasteiger partial charge in [0.1, 0.15) is 4.90 Å². The maximum absolute atomic E-state index is 12.3. The van der Waals surface area contributed by atoms with Crippen LogP contribution in [0.5, 0.6) is 0 Å². The predicted molar refractivity (Wildman–Crippen MR) is 78.0 cm³/mol. The molecule has 0 fully saturated rings. The molecular formula is C13H18N4O2S. The van der Waals surface area contributed by atoms with Crippen molar-refractivity contribution in [3.8, 4) is 0 Å². The Bertz CT molecular complexity index is 638. The third kappa shape index (κ3) is 3.58. The first-order chi connectivity index (χ1) is 9.63. The summed E-state index contributed by atoms with van der Waals surface area (Å²) in [5.41, 5.74) is 0.616. The topological polar surface area (TPSA) is 76.0 Å².